The average Bonchev–Trinajstić information content (AvgIpc) is 2.80. The van der Waals surface area contributed by atoms with Crippen molar-refractivity contribution in [3.63, 3.8) is 0 Å². The Morgan fingerprint density at radius 2 is 1.94 bits per heavy atom. The first-order valence-electron chi connectivity index (χ1n) is 10.0. The van der Waals surface area contributed by atoms with Crippen LogP contribution in [0.25, 0.3) is 6.08 Å². The lowest BCUT2D eigenvalue weighted by Crippen LogP contribution is -2.25. The van der Waals surface area contributed by atoms with Crippen molar-refractivity contribution in [1.29, 1.82) is 5.26 Å². The molecule has 2 rings (SSSR count). The van der Waals surface area contributed by atoms with Crippen LogP contribution in [0.4, 0.5) is 0 Å². The first kappa shape index (κ1) is 23.5. The zero-order valence-electron chi connectivity index (χ0n) is 17.9. The Morgan fingerprint density at radius 1 is 1.13 bits per heavy atom. The summed E-state index contributed by atoms with van der Waals surface area (Å²) in [5.41, 5.74) is 1.65. The molecule has 1 amide bonds. The number of nitriles is 1. The number of aryl methyl sites for hydroxylation is 1. The third-order valence-corrected chi connectivity index (χ3v) is 4.29. The number of nitrogens with zero attached hydrogens (tertiary/aromatic N) is 1. The van der Waals surface area contributed by atoms with Gasteiger partial charge in [-0.3, -0.25) is 4.79 Å². The van der Waals surface area contributed by atoms with Crippen LogP contribution in [0.15, 0.2) is 48.0 Å². The zero-order valence-corrected chi connectivity index (χ0v) is 17.9. The van der Waals surface area contributed by atoms with Gasteiger partial charge in [-0.05, 0) is 54.3 Å². The van der Waals surface area contributed by atoms with Gasteiger partial charge < -0.3 is 19.5 Å². The van der Waals surface area contributed by atoms with E-state index in [9.17, 15) is 14.9 Å². The minimum absolute atomic E-state index is 0.0250. The van der Waals surface area contributed by atoms with E-state index < -0.39 is 11.9 Å². The number of benzene rings is 2. The summed E-state index contributed by atoms with van der Waals surface area (Å²) in [6, 6.07) is 14.1. The Kier molecular flexibility index (Phi) is 9.12. The van der Waals surface area contributed by atoms with Crippen molar-refractivity contribution in [2.24, 2.45) is 0 Å². The minimum atomic E-state index is -0.583. The van der Waals surface area contributed by atoms with Crippen LogP contribution in [0.3, 0.4) is 0 Å². The Hall–Kier alpha value is -3.79. The Morgan fingerprint density at radius 3 is 2.61 bits per heavy atom. The minimum Gasteiger partial charge on any atom is -0.493 e. The molecule has 0 aliphatic heterocycles. The van der Waals surface area contributed by atoms with Gasteiger partial charge in [0.15, 0.2) is 18.1 Å². The molecule has 0 saturated heterocycles. The fourth-order valence-corrected chi connectivity index (χ4v) is 2.66. The van der Waals surface area contributed by atoms with E-state index in [1.165, 1.54) is 13.2 Å². The number of carbonyl (C=O) groups excluding carboxylic acids is 2. The standard InChI is InChI=1S/C24H26N2O5/c1-4-11-26-24(28)19(15-25)12-18-9-10-21(22(14-18)29-3)31-23(27)16-30-20-8-6-7-17(5-2)13-20/h6-10,12-14H,4-5,11,16H2,1-3H3,(H,26,28)/b19-12+. The van der Waals surface area contributed by atoms with Crippen LogP contribution in [0.2, 0.25) is 0 Å². The van der Waals surface area contributed by atoms with Crippen LogP contribution in [0, 0.1) is 11.3 Å². The predicted octanol–water partition coefficient (Wildman–Crippen LogP) is 3.68. The summed E-state index contributed by atoms with van der Waals surface area (Å²) in [4.78, 5) is 24.2. The first-order valence-corrected chi connectivity index (χ1v) is 10.0. The van der Waals surface area contributed by atoms with Crippen molar-refractivity contribution in [2.45, 2.75) is 26.7 Å². The molecule has 7 heteroatoms. The summed E-state index contributed by atoms with van der Waals surface area (Å²) in [5, 5.41) is 11.9. The number of rotatable bonds is 10. The molecular formula is C24H26N2O5. The van der Waals surface area contributed by atoms with Crippen LogP contribution in [0.5, 0.6) is 17.2 Å². The molecule has 0 aliphatic rings. The van der Waals surface area contributed by atoms with Gasteiger partial charge in [-0.2, -0.15) is 5.26 Å². The van der Waals surface area contributed by atoms with Crippen LogP contribution >= 0.6 is 0 Å². The van der Waals surface area contributed by atoms with Crippen molar-refractivity contribution in [2.75, 3.05) is 20.3 Å². The summed E-state index contributed by atoms with van der Waals surface area (Å²) >= 11 is 0. The van der Waals surface area contributed by atoms with Crippen molar-refractivity contribution >= 4 is 18.0 Å². The Labute approximate surface area is 182 Å². The first-order chi connectivity index (χ1) is 15.0. The summed E-state index contributed by atoms with van der Waals surface area (Å²) in [5.74, 6) is 0.0724. The van der Waals surface area contributed by atoms with Gasteiger partial charge in [-0.25, -0.2) is 4.79 Å². The molecule has 0 bridgehead atoms. The molecule has 0 saturated carbocycles. The molecule has 0 heterocycles. The van der Waals surface area contributed by atoms with Gasteiger partial charge in [0.05, 0.1) is 7.11 Å². The Bertz CT molecular complexity index is 992. The summed E-state index contributed by atoms with van der Waals surface area (Å²) in [7, 11) is 1.44. The molecule has 2 aromatic carbocycles. The van der Waals surface area contributed by atoms with Gasteiger partial charge in [0.25, 0.3) is 5.91 Å². The number of amides is 1. The normalized spacial score (nSPS) is 10.7. The molecule has 0 fully saturated rings. The van der Waals surface area contributed by atoms with E-state index in [2.05, 4.69) is 5.32 Å². The average molecular weight is 422 g/mol. The van der Waals surface area contributed by atoms with Crippen LogP contribution < -0.4 is 19.5 Å². The van der Waals surface area contributed by atoms with E-state index >= 15 is 0 Å². The number of hydrogen-bond donors (Lipinski definition) is 1. The van der Waals surface area contributed by atoms with E-state index in [1.807, 2.05) is 38.1 Å². The lowest BCUT2D eigenvalue weighted by Gasteiger charge is -2.11. The molecule has 0 aliphatic carbocycles. The number of methoxy groups -OCH3 is 1. The van der Waals surface area contributed by atoms with Crippen LogP contribution in [0.1, 0.15) is 31.4 Å². The van der Waals surface area contributed by atoms with E-state index in [4.69, 9.17) is 14.2 Å². The van der Waals surface area contributed by atoms with E-state index in [0.29, 0.717) is 23.6 Å². The van der Waals surface area contributed by atoms with Gasteiger partial charge in [0, 0.05) is 6.54 Å². The lowest BCUT2D eigenvalue weighted by molar-refractivity contribution is -0.136. The highest BCUT2D eigenvalue weighted by Crippen LogP contribution is 2.29. The Balaban J connectivity index is 2.06. The third-order valence-electron chi connectivity index (χ3n) is 4.29. The number of carbonyl (C=O) groups is 2. The van der Waals surface area contributed by atoms with Gasteiger partial charge >= 0.3 is 5.97 Å². The molecule has 0 radical (unpaired) electrons. The number of ether oxygens (including phenoxy) is 3. The van der Waals surface area contributed by atoms with Crippen molar-refractivity contribution in [3.8, 4) is 23.3 Å². The van der Waals surface area contributed by atoms with Gasteiger partial charge in [0.1, 0.15) is 17.4 Å². The fraction of sp³-hybridized carbons (Fsp3) is 0.292. The van der Waals surface area contributed by atoms with Crippen molar-refractivity contribution in [1.82, 2.24) is 5.32 Å². The maximum absolute atomic E-state index is 12.2. The summed E-state index contributed by atoms with van der Waals surface area (Å²) in [6.45, 7) is 4.19. The summed E-state index contributed by atoms with van der Waals surface area (Å²) in [6.07, 6.45) is 3.09. The second-order valence-corrected chi connectivity index (χ2v) is 6.60. The molecule has 31 heavy (non-hydrogen) atoms. The molecule has 0 unspecified atom stereocenters. The van der Waals surface area contributed by atoms with Crippen molar-refractivity contribution < 1.29 is 23.8 Å². The maximum Gasteiger partial charge on any atom is 0.349 e. The SMILES string of the molecule is CCCNC(=O)/C(C#N)=C/c1ccc(OC(=O)COc2cccc(CC)c2)c(OC)c1. The maximum atomic E-state index is 12.2. The molecule has 1 N–H and O–H groups in total. The fourth-order valence-electron chi connectivity index (χ4n) is 2.66. The highest BCUT2D eigenvalue weighted by atomic mass is 16.6. The predicted molar refractivity (Wildman–Crippen MR) is 117 cm³/mol. The monoisotopic (exact) mass is 422 g/mol. The van der Waals surface area contributed by atoms with Gasteiger partial charge in [-0.15, -0.1) is 0 Å². The zero-order chi connectivity index (χ0) is 22.6. The quantitative estimate of drug-likeness (QED) is 0.272. The molecule has 0 spiro atoms. The second kappa shape index (κ2) is 12.0. The number of esters is 1. The molecule has 0 aromatic heterocycles. The molecule has 2 aromatic rings. The van der Waals surface area contributed by atoms with E-state index in [-0.39, 0.29) is 17.9 Å². The molecule has 0 atom stereocenters. The van der Waals surface area contributed by atoms with E-state index in [1.54, 1.807) is 24.3 Å². The second-order valence-electron chi connectivity index (χ2n) is 6.60. The largest absolute Gasteiger partial charge is 0.493 e. The molecule has 7 nitrogen and oxygen atoms in total. The van der Waals surface area contributed by atoms with Crippen LogP contribution in [-0.4, -0.2) is 32.1 Å². The summed E-state index contributed by atoms with van der Waals surface area (Å²) < 4.78 is 16.1. The smallest absolute Gasteiger partial charge is 0.349 e. The molecular weight excluding hydrogens is 396 g/mol. The highest BCUT2D eigenvalue weighted by Gasteiger charge is 2.13. The van der Waals surface area contributed by atoms with Crippen molar-refractivity contribution in [3.05, 3.63) is 59.2 Å². The van der Waals surface area contributed by atoms with Crippen LogP contribution in [-0.2, 0) is 16.0 Å². The van der Waals surface area contributed by atoms with Gasteiger partial charge in [0.2, 0.25) is 0 Å². The molecule has 162 valence electrons. The van der Waals surface area contributed by atoms with Gasteiger partial charge in [-0.1, -0.05) is 32.0 Å². The number of hydrogen-bond acceptors (Lipinski definition) is 6. The highest BCUT2D eigenvalue weighted by molar-refractivity contribution is 6.01. The number of nitrogens with one attached hydrogen (secondary N) is 1. The third kappa shape index (κ3) is 7.19. The van der Waals surface area contributed by atoms with E-state index in [0.717, 1.165) is 18.4 Å². The lowest BCUT2D eigenvalue weighted by atomic mass is 10.1. The topological polar surface area (TPSA) is 97.7 Å².